The molecule has 2 heterocycles. The quantitative estimate of drug-likeness (QED) is 0.372. The molecule has 9 heteroatoms. The largest absolute Gasteiger partial charge is 0.457 e. The number of pyridine rings is 1. The smallest absolute Gasteiger partial charge is 0.416 e. The van der Waals surface area contributed by atoms with Crippen LogP contribution in [0.5, 0.6) is 11.5 Å². The van der Waals surface area contributed by atoms with Gasteiger partial charge in [0, 0.05) is 41.7 Å². The first-order valence-electron chi connectivity index (χ1n) is 10.5. The molecule has 6 nitrogen and oxygen atoms in total. The van der Waals surface area contributed by atoms with Gasteiger partial charge in [-0.15, -0.1) is 0 Å². The molecule has 1 saturated heterocycles. The topological polar surface area (TPSA) is 71.7 Å². The maximum Gasteiger partial charge on any atom is 0.416 e. The lowest BCUT2D eigenvalue weighted by molar-refractivity contribution is -0.137. The average molecular weight is 464 g/mol. The monoisotopic (exact) mass is 464 g/mol. The molecule has 1 aliphatic heterocycles. The summed E-state index contributed by atoms with van der Waals surface area (Å²) in [4.78, 5) is 20.1. The van der Waals surface area contributed by atoms with Crippen LogP contribution in [-0.2, 0) is 6.18 Å². The van der Waals surface area contributed by atoms with Gasteiger partial charge in [-0.1, -0.05) is 12.1 Å². The Hall–Kier alpha value is -4.27. The van der Waals surface area contributed by atoms with Crippen molar-refractivity contribution in [1.82, 2.24) is 4.98 Å². The van der Waals surface area contributed by atoms with Crippen molar-refractivity contribution in [1.29, 1.82) is 0 Å². The van der Waals surface area contributed by atoms with Gasteiger partial charge in [0.1, 0.15) is 11.5 Å². The van der Waals surface area contributed by atoms with Gasteiger partial charge in [0.2, 0.25) is 0 Å². The number of amides is 2. The highest BCUT2D eigenvalue weighted by Gasteiger charge is 2.35. The van der Waals surface area contributed by atoms with Crippen LogP contribution in [0.15, 0.2) is 79.0 Å². The van der Waals surface area contributed by atoms with Gasteiger partial charge in [0.05, 0.1) is 11.1 Å². The van der Waals surface area contributed by atoms with E-state index in [0.717, 1.165) is 23.0 Å². The Kier molecular flexibility index (Phi) is 5.24. The standard InChI is InChI=1S/C25H19F3N4O2/c26-25(27,28)16-13-17(29)15-19(14-16)32-12-11-31(24(32)33)18-5-7-20(8-6-18)34-23-9-10-30-22-4-2-1-3-21(22)23/h1-10,13-15H,11-12,29H2. The number of urea groups is 1. The number of nitrogen functional groups attached to an aromatic ring is 1. The van der Waals surface area contributed by atoms with Gasteiger partial charge in [0.15, 0.2) is 0 Å². The number of hydrogen-bond acceptors (Lipinski definition) is 4. The highest BCUT2D eigenvalue weighted by molar-refractivity contribution is 6.06. The molecule has 0 spiro atoms. The van der Waals surface area contributed by atoms with E-state index >= 15 is 0 Å². The molecule has 34 heavy (non-hydrogen) atoms. The van der Waals surface area contributed by atoms with Gasteiger partial charge in [-0.25, -0.2) is 4.79 Å². The number of aromatic nitrogens is 1. The van der Waals surface area contributed by atoms with Gasteiger partial charge in [0.25, 0.3) is 0 Å². The second-order valence-corrected chi connectivity index (χ2v) is 7.82. The summed E-state index contributed by atoms with van der Waals surface area (Å²) in [5.74, 6) is 1.23. The molecule has 0 bridgehead atoms. The lowest BCUT2D eigenvalue weighted by Gasteiger charge is -2.20. The van der Waals surface area contributed by atoms with Gasteiger partial charge >= 0.3 is 12.2 Å². The molecular formula is C25H19F3N4O2. The molecule has 3 aromatic carbocycles. The third kappa shape index (κ3) is 4.07. The van der Waals surface area contributed by atoms with E-state index in [0.29, 0.717) is 23.7 Å². The van der Waals surface area contributed by atoms with Crippen molar-refractivity contribution in [2.75, 3.05) is 28.6 Å². The van der Waals surface area contributed by atoms with Crippen LogP contribution in [0.3, 0.4) is 0 Å². The molecular weight excluding hydrogens is 445 g/mol. The Labute approximate surface area is 193 Å². The molecule has 0 unspecified atom stereocenters. The van der Waals surface area contributed by atoms with E-state index in [1.165, 1.54) is 15.9 Å². The predicted molar refractivity (Wildman–Crippen MR) is 124 cm³/mol. The molecule has 0 atom stereocenters. The fraction of sp³-hybridized carbons (Fsp3) is 0.120. The van der Waals surface area contributed by atoms with Crippen LogP contribution in [0.2, 0.25) is 0 Å². The van der Waals surface area contributed by atoms with Gasteiger partial charge in [-0.2, -0.15) is 13.2 Å². The minimum absolute atomic E-state index is 0.0544. The Bertz CT molecular complexity index is 1370. The summed E-state index contributed by atoms with van der Waals surface area (Å²) in [6.07, 6.45) is -2.88. The number of ether oxygens (including phenoxy) is 1. The van der Waals surface area contributed by atoms with E-state index in [1.807, 2.05) is 24.3 Å². The second kappa shape index (κ2) is 8.26. The highest BCUT2D eigenvalue weighted by atomic mass is 19.4. The Morgan fingerprint density at radius 1 is 0.882 bits per heavy atom. The van der Waals surface area contributed by atoms with Crippen LogP contribution in [0, 0.1) is 0 Å². The number of halogens is 3. The average Bonchev–Trinajstić information content (AvgIpc) is 3.20. The summed E-state index contributed by atoms with van der Waals surface area (Å²) in [6, 6.07) is 19.1. The van der Waals surface area contributed by atoms with Gasteiger partial charge in [-0.3, -0.25) is 14.8 Å². The minimum atomic E-state index is -4.55. The number of hydrogen-bond donors (Lipinski definition) is 1. The van der Waals surface area contributed by atoms with Crippen LogP contribution in [0.25, 0.3) is 10.9 Å². The summed E-state index contributed by atoms with van der Waals surface area (Å²) in [5, 5.41) is 0.875. The minimum Gasteiger partial charge on any atom is -0.457 e. The molecule has 4 aromatic rings. The molecule has 0 saturated carbocycles. The Morgan fingerprint density at radius 3 is 2.32 bits per heavy atom. The van der Waals surface area contributed by atoms with Crippen molar-refractivity contribution in [3.05, 3.63) is 84.6 Å². The summed E-state index contributed by atoms with van der Waals surface area (Å²) in [6.45, 7) is 0.561. The highest BCUT2D eigenvalue weighted by Crippen LogP contribution is 2.36. The third-order valence-electron chi connectivity index (χ3n) is 5.57. The van der Waals surface area contributed by atoms with Crippen LogP contribution in [0.4, 0.5) is 35.0 Å². The fourth-order valence-electron chi connectivity index (χ4n) is 3.95. The fourth-order valence-corrected chi connectivity index (χ4v) is 3.95. The number of benzene rings is 3. The third-order valence-corrected chi connectivity index (χ3v) is 5.57. The Balaban J connectivity index is 1.35. The number of carbonyl (C=O) groups excluding carboxylic acids is 1. The molecule has 1 aromatic heterocycles. The first-order valence-corrected chi connectivity index (χ1v) is 10.5. The number of alkyl halides is 3. The number of nitrogens with two attached hydrogens (primary N) is 1. The Morgan fingerprint density at radius 2 is 1.59 bits per heavy atom. The maximum atomic E-state index is 13.2. The number of fused-ring (bicyclic) bond motifs is 1. The maximum absolute atomic E-state index is 13.2. The van der Waals surface area contributed by atoms with Crippen molar-refractivity contribution in [3.63, 3.8) is 0 Å². The van der Waals surface area contributed by atoms with E-state index in [9.17, 15) is 18.0 Å². The normalized spacial score (nSPS) is 14.1. The summed E-state index contributed by atoms with van der Waals surface area (Å²) in [7, 11) is 0. The van der Waals surface area contributed by atoms with Crippen molar-refractivity contribution >= 4 is 34.0 Å². The molecule has 5 rings (SSSR count). The number of anilines is 3. The predicted octanol–water partition coefficient (Wildman–Crippen LogP) is 6.07. The summed E-state index contributed by atoms with van der Waals surface area (Å²) < 4.78 is 45.5. The van der Waals surface area contributed by atoms with Gasteiger partial charge in [-0.05, 0) is 60.7 Å². The molecule has 1 fully saturated rings. The molecule has 172 valence electrons. The lowest BCUT2D eigenvalue weighted by Crippen LogP contribution is -2.31. The van der Waals surface area contributed by atoms with Crippen LogP contribution in [0.1, 0.15) is 5.56 Å². The zero-order chi connectivity index (χ0) is 23.9. The first kappa shape index (κ1) is 21.6. The van der Waals surface area contributed by atoms with Crippen molar-refractivity contribution < 1.29 is 22.7 Å². The number of rotatable bonds is 4. The molecule has 2 N–H and O–H groups in total. The second-order valence-electron chi connectivity index (χ2n) is 7.82. The summed E-state index contributed by atoms with van der Waals surface area (Å²) in [5.41, 5.74) is 6.26. The van der Waals surface area contributed by atoms with Crippen molar-refractivity contribution in [3.8, 4) is 11.5 Å². The van der Waals surface area contributed by atoms with Crippen molar-refractivity contribution in [2.24, 2.45) is 0 Å². The summed E-state index contributed by atoms with van der Waals surface area (Å²) >= 11 is 0. The van der Waals surface area contributed by atoms with E-state index in [2.05, 4.69) is 4.98 Å². The SMILES string of the molecule is Nc1cc(N2CCN(c3ccc(Oc4ccnc5ccccc45)cc3)C2=O)cc(C(F)(F)F)c1. The van der Waals surface area contributed by atoms with Gasteiger partial charge < -0.3 is 10.5 Å². The van der Waals surface area contributed by atoms with E-state index in [4.69, 9.17) is 10.5 Å². The zero-order valence-corrected chi connectivity index (χ0v) is 17.8. The number of para-hydroxylation sites is 1. The van der Waals surface area contributed by atoms with Crippen LogP contribution >= 0.6 is 0 Å². The first-order chi connectivity index (χ1) is 16.3. The molecule has 2 amide bonds. The van der Waals surface area contributed by atoms with E-state index < -0.39 is 17.8 Å². The van der Waals surface area contributed by atoms with Crippen LogP contribution < -0.4 is 20.3 Å². The zero-order valence-electron chi connectivity index (χ0n) is 17.8. The van der Waals surface area contributed by atoms with E-state index in [-0.39, 0.29) is 17.9 Å². The lowest BCUT2D eigenvalue weighted by atomic mass is 10.1. The van der Waals surface area contributed by atoms with E-state index in [1.54, 1.807) is 36.5 Å². The molecule has 0 aliphatic carbocycles. The van der Waals surface area contributed by atoms with Crippen LogP contribution in [-0.4, -0.2) is 24.1 Å². The molecule has 0 radical (unpaired) electrons. The number of nitrogens with zero attached hydrogens (tertiary/aromatic N) is 3. The molecule has 1 aliphatic rings. The van der Waals surface area contributed by atoms with Crippen molar-refractivity contribution in [2.45, 2.75) is 6.18 Å². The number of carbonyl (C=O) groups is 1.